The number of fused-ring (bicyclic) bond motifs is 7. The molecule has 5 aliphatic carbocycles. The Morgan fingerprint density at radius 3 is 2.70 bits per heavy atom. The third kappa shape index (κ3) is 1.81. The molecule has 7 aliphatic rings. The lowest BCUT2D eigenvalue weighted by Gasteiger charge is -2.49. The predicted molar refractivity (Wildman–Crippen MR) is 98.7 cm³/mol. The smallest absolute Gasteiger partial charge is 0.207 e. The van der Waals surface area contributed by atoms with Gasteiger partial charge in [-0.2, -0.15) is 0 Å². The lowest BCUT2D eigenvalue weighted by atomic mass is 9.56. The summed E-state index contributed by atoms with van der Waals surface area (Å²) in [6.07, 6.45) is 11.0. The minimum absolute atomic E-state index is 0.196. The average molecular weight is 370 g/mol. The summed E-state index contributed by atoms with van der Waals surface area (Å²) in [5.41, 5.74) is 4.96. The fraction of sp³-hybridized carbons (Fsp3) is 0.826. The monoisotopic (exact) mass is 370 g/mol. The van der Waals surface area contributed by atoms with Gasteiger partial charge < -0.3 is 18.9 Å². The molecule has 4 heteroatoms. The fourth-order valence-electron chi connectivity index (χ4n) is 8.04. The Labute approximate surface area is 161 Å². The third-order valence-electron chi connectivity index (χ3n) is 9.49. The lowest BCUT2D eigenvalue weighted by molar-refractivity contribution is -0.208. The molecule has 146 valence electrons. The summed E-state index contributed by atoms with van der Waals surface area (Å²) in [7, 11) is 1.74. The van der Waals surface area contributed by atoms with Crippen LogP contribution in [0, 0.1) is 29.1 Å². The zero-order valence-electron chi connectivity index (χ0n) is 16.5. The molecule has 0 amide bonds. The SMILES string of the molecule is COC1OC12CC1=C(CC[C@@H]3C1=CC[C@]1(C)[C@@H]4C[C@@H]4C[C@@H]31)CC21OCCO1. The van der Waals surface area contributed by atoms with E-state index in [1.54, 1.807) is 23.8 Å². The van der Waals surface area contributed by atoms with Gasteiger partial charge in [0.05, 0.1) is 13.2 Å². The minimum Gasteiger partial charge on any atom is -0.353 e. The van der Waals surface area contributed by atoms with E-state index in [0.29, 0.717) is 18.6 Å². The molecule has 7 rings (SSSR count). The molecular formula is C23H30O4. The molecule has 0 bridgehead atoms. The van der Waals surface area contributed by atoms with Gasteiger partial charge in [-0.05, 0) is 72.3 Å². The first-order chi connectivity index (χ1) is 13.1. The van der Waals surface area contributed by atoms with Crippen LogP contribution in [0.5, 0.6) is 0 Å². The largest absolute Gasteiger partial charge is 0.353 e. The molecule has 4 nitrogen and oxygen atoms in total. The van der Waals surface area contributed by atoms with Gasteiger partial charge in [0, 0.05) is 20.0 Å². The Hall–Kier alpha value is -0.680. The fourth-order valence-corrected chi connectivity index (χ4v) is 8.04. The van der Waals surface area contributed by atoms with Crippen LogP contribution in [0.4, 0.5) is 0 Å². The Kier molecular flexibility index (Phi) is 2.93. The van der Waals surface area contributed by atoms with E-state index in [-0.39, 0.29) is 6.29 Å². The number of rotatable bonds is 1. The number of ether oxygens (including phenoxy) is 4. The van der Waals surface area contributed by atoms with E-state index in [4.69, 9.17) is 18.9 Å². The van der Waals surface area contributed by atoms with Gasteiger partial charge in [-0.25, -0.2) is 0 Å². The summed E-state index contributed by atoms with van der Waals surface area (Å²) < 4.78 is 24.2. The molecule has 2 saturated heterocycles. The quantitative estimate of drug-likeness (QED) is 0.655. The van der Waals surface area contributed by atoms with Crippen molar-refractivity contribution in [2.45, 2.75) is 69.5 Å². The molecule has 27 heavy (non-hydrogen) atoms. The van der Waals surface area contributed by atoms with Crippen molar-refractivity contribution < 1.29 is 18.9 Å². The van der Waals surface area contributed by atoms with Crippen LogP contribution in [-0.2, 0) is 18.9 Å². The van der Waals surface area contributed by atoms with Crippen LogP contribution in [-0.4, -0.2) is 38.0 Å². The summed E-state index contributed by atoms with van der Waals surface area (Å²) in [5.74, 6) is 3.11. The Balaban J connectivity index is 1.29. The number of epoxide rings is 1. The van der Waals surface area contributed by atoms with Crippen LogP contribution < -0.4 is 0 Å². The number of hydrogen-bond acceptors (Lipinski definition) is 4. The first kappa shape index (κ1) is 16.2. The van der Waals surface area contributed by atoms with Crippen molar-refractivity contribution in [2.24, 2.45) is 29.1 Å². The van der Waals surface area contributed by atoms with Crippen LogP contribution in [0.15, 0.2) is 22.8 Å². The average Bonchev–Trinajstić information content (AvgIpc) is 3.52. The van der Waals surface area contributed by atoms with E-state index in [2.05, 4.69) is 13.0 Å². The summed E-state index contributed by atoms with van der Waals surface area (Å²) >= 11 is 0. The number of methoxy groups -OCH3 is 1. The molecule has 0 aromatic carbocycles. The molecule has 0 radical (unpaired) electrons. The standard InChI is InChI=1S/C23H30O4/c1-21-6-5-15-16(19(21)10-14-9-18(14)21)4-3-13-11-23(25-7-8-26-23)22(12-17(13)15)20(24-2)27-22/h5,14,16,18-20H,3-4,6-12H2,1-2H3/t14-,16-,18-,19+,20?,21-,22?/m1/s1. The zero-order chi connectivity index (χ0) is 18.0. The summed E-state index contributed by atoms with van der Waals surface area (Å²) in [4.78, 5) is 0. The van der Waals surface area contributed by atoms with Crippen molar-refractivity contribution >= 4 is 0 Å². The van der Waals surface area contributed by atoms with Gasteiger partial charge in [0.15, 0.2) is 11.9 Å². The molecule has 4 fully saturated rings. The molecular weight excluding hydrogens is 340 g/mol. The second-order valence-corrected chi connectivity index (χ2v) is 10.4. The first-order valence-electron chi connectivity index (χ1n) is 11.0. The second kappa shape index (κ2) is 4.89. The molecule has 2 heterocycles. The van der Waals surface area contributed by atoms with Crippen molar-refractivity contribution in [1.29, 1.82) is 0 Å². The molecule has 0 aromatic heterocycles. The highest BCUT2D eigenvalue weighted by Crippen LogP contribution is 2.72. The maximum Gasteiger partial charge on any atom is 0.207 e. The first-order valence-corrected chi connectivity index (χ1v) is 11.0. The maximum absolute atomic E-state index is 6.20. The summed E-state index contributed by atoms with van der Waals surface area (Å²) in [6, 6.07) is 0. The van der Waals surface area contributed by atoms with Crippen LogP contribution in [0.1, 0.15) is 51.9 Å². The van der Waals surface area contributed by atoms with Gasteiger partial charge in [-0.15, -0.1) is 0 Å². The Morgan fingerprint density at radius 2 is 1.93 bits per heavy atom. The highest BCUT2D eigenvalue weighted by Gasteiger charge is 2.75. The van der Waals surface area contributed by atoms with Crippen LogP contribution in [0.3, 0.4) is 0 Å². The summed E-state index contributed by atoms with van der Waals surface area (Å²) in [5, 5.41) is 0. The van der Waals surface area contributed by atoms with E-state index in [1.807, 2.05) is 0 Å². The van der Waals surface area contributed by atoms with Gasteiger partial charge in [-0.3, -0.25) is 0 Å². The molecule has 2 unspecified atom stereocenters. The van der Waals surface area contributed by atoms with Gasteiger partial charge in [0.1, 0.15) is 0 Å². The van der Waals surface area contributed by atoms with Crippen LogP contribution in [0.2, 0.25) is 0 Å². The van der Waals surface area contributed by atoms with E-state index in [9.17, 15) is 0 Å². The topological polar surface area (TPSA) is 40.2 Å². The minimum atomic E-state index is -0.613. The molecule has 0 N–H and O–H groups in total. The van der Waals surface area contributed by atoms with Gasteiger partial charge >= 0.3 is 0 Å². The second-order valence-electron chi connectivity index (χ2n) is 10.4. The van der Waals surface area contributed by atoms with Gasteiger partial charge in [0.25, 0.3) is 0 Å². The normalized spacial score (nSPS) is 53.7. The molecule has 0 aromatic rings. The van der Waals surface area contributed by atoms with Crippen molar-refractivity contribution in [1.82, 2.24) is 0 Å². The number of hydrogen-bond donors (Lipinski definition) is 0. The zero-order valence-corrected chi connectivity index (χ0v) is 16.5. The van der Waals surface area contributed by atoms with Crippen molar-refractivity contribution in [2.75, 3.05) is 20.3 Å². The van der Waals surface area contributed by atoms with Crippen LogP contribution in [0.25, 0.3) is 0 Å². The molecule has 2 saturated carbocycles. The predicted octanol–water partition coefficient (Wildman–Crippen LogP) is 3.96. The van der Waals surface area contributed by atoms with Crippen molar-refractivity contribution in [3.8, 4) is 0 Å². The van der Waals surface area contributed by atoms with E-state index >= 15 is 0 Å². The van der Waals surface area contributed by atoms with E-state index < -0.39 is 11.4 Å². The third-order valence-corrected chi connectivity index (χ3v) is 9.49. The van der Waals surface area contributed by atoms with E-state index in [0.717, 1.165) is 36.5 Å². The Morgan fingerprint density at radius 1 is 1.11 bits per heavy atom. The molecule has 2 aliphatic heterocycles. The van der Waals surface area contributed by atoms with E-state index in [1.165, 1.54) is 32.1 Å². The van der Waals surface area contributed by atoms with Crippen molar-refractivity contribution in [3.63, 3.8) is 0 Å². The number of allylic oxidation sites excluding steroid dienone is 2. The highest BCUT2D eigenvalue weighted by atomic mass is 16.8. The van der Waals surface area contributed by atoms with Gasteiger partial charge in [0.2, 0.25) is 5.79 Å². The summed E-state index contributed by atoms with van der Waals surface area (Å²) in [6.45, 7) is 3.92. The maximum atomic E-state index is 6.20. The Bertz CT molecular complexity index is 777. The lowest BCUT2D eigenvalue weighted by Crippen LogP contribution is -2.52. The highest BCUT2D eigenvalue weighted by molar-refractivity contribution is 5.48. The van der Waals surface area contributed by atoms with Gasteiger partial charge in [-0.1, -0.05) is 18.6 Å². The van der Waals surface area contributed by atoms with Crippen molar-refractivity contribution in [3.05, 3.63) is 22.8 Å². The molecule has 7 atom stereocenters. The molecule has 2 spiro atoms. The van der Waals surface area contributed by atoms with Crippen LogP contribution >= 0.6 is 0 Å².